The van der Waals surface area contributed by atoms with Crippen molar-refractivity contribution in [1.82, 2.24) is 20.1 Å². The van der Waals surface area contributed by atoms with Gasteiger partial charge >= 0.3 is 0 Å². The molecule has 8 heteroatoms. The van der Waals surface area contributed by atoms with Crippen molar-refractivity contribution >= 4 is 29.1 Å². The second-order valence-corrected chi connectivity index (χ2v) is 6.74. The third-order valence-electron chi connectivity index (χ3n) is 3.74. The van der Waals surface area contributed by atoms with Crippen LogP contribution < -0.4 is 10.1 Å². The number of halogens is 2. The molecule has 0 aliphatic heterocycles. The van der Waals surface area contributed by atoms with Crippen LogP contribution >= 0.6 is 23.2 Å². The fraction of sp³-hybridized carbons (Fsp3) is 0.211. The number of aromatic nitrogens is 3. The van der Waals surface area contributed by atoms with Gasteiger partial charge in [-0.05, 0) is 56.3 Å². The number of ether oxygens (including phenoxy) is 1. The average molecular weight is 405 g/mol. The van der Waals surface area contributed by atoms with Gasteiger partial charge in [-0.3, -0.25) is 4.79 Å². The van der Waals surface area contributed by atoms with Crippen molar-refractivity contribution < 1.29 is 9.53 Å². The van der Waals surface area contributed by atoms with Gasteiger partial charge in [0.15, 0.2) is 5.82 Å². The molecule has 1 N–H and O–H groups in total. The third kappa shape index (κ3) is 4.78. The summed E-state index contributed by atoms with van der Waals surface area (Å²) in [5, 5.41) is 8.04. The first kappa shape index (κ1) is 19.2. The molecule has 2 aromatic heterocycles. The predicted octanol–water partition coefficient (Wildman–Crippen LogP) is 4.00. The highest BCUT2D eigenvalue weighted by molar-refractivity contribution is 6.33. The fourth-order valence-corrected chi connectivity index (χ4v) is 2.83. The van der Waals surface area contributed by atoms with Crippen molar-refractivity contribution in [3.63, 3.8) is 0 Å². The van der Waals surface area contributed by atoms with E-state index in [9.17, 15) is 4.79 Å². The van der Waals surface area contributed by atoms with Gasteiger partial charge < -0.3 is 10.1 Å². The van der Waals surface area contributed by atoms with Crippen LogP contribution in [0.4, 0.5) is 0 Å². The Bertz CT molecular complexity index is 955. The van der Waals surface area contributed by atoms with Crippen molar-refractivity contribution in [2.45, 2.75) is 13.8 Å². The summed E-state index contributed by atoms with van der Waals surface area (Å²) in [4.78, 5) is 16.8. The van der Waals surface area contributed by atoms with Gasteiger partial charge in [-0.2, -0.15) is 5.10 Å². The molecular formula is C19H18Cl2N4O2. The molecule has 2 heterocycles. The van der Waals surface area contributed by atoms with Gasteiger partial charge in [0, 0.05) is 10.7 Å². The van der Waals surface area contributed by atoms with E-state index in [-0.39, 0.29) is 16.6 Å². The molecule has 1 aromatic carbocycles. The maximum atomic E-state index is 12.4. The summed E-state index contributed by atoms with van der Waals surface area (Å²) in [5.74, 6) is 0.840. The molecule has 0 saturated carbocycles. The zero-order valence-electron chi connectivity index (χ0n) is 14.9. The van der Waals surface area contributed by atoms with Gasteiger partial charge in [0.1, 0.15) is 18.1 Å². The summed E-state index contributed by atoms with van der Waals surface area (Å²) in [6.45, 7) is 4.43. The Morgan fingerprint density at radius 1 is 1.15 bits per heavy atom. The maximum Gasteiger partial charge on any atom is 0.271 e. The van der Waals surface area contributed by atoms with Gasteiger partial charge in [-0.1, -0.05) is 23.2 Å². The van der Waals surface area contributed by atoms with E-state index in [1.807, 2.05) is 19.9 Å². The van der Waals surface area contributed by atoms with Crippen molar-refractivity contribution in [2.24, 2.45) is 0 Å². The Balaban J connectivity index is 1.63. The molecule has 0 aliphatic rings. The van der Waals surface area contributed by atoms with Crippen LogP contribution in [-0.2, 0) is 0 Å². The first-order chi connectivity index (χ1) is 12.9. The number of benzene rings is 1. The molecular weight excluding hydrogens is 387 g/mol. The van der Waals surface area contributed by atoms with Crippen LogP contribution in [0.2, 0.25) is 10.0 Å². The lowest BCUT2D eigenvalue weighted by molar-refractivity contribution is 0.0942. The Labute approximate surface area is 167 Å². The number of amides is 1. The first-order valence-corrected chi connectivity index (χ1v) is 9.06. The van der Waals surface area contributed by atoms with Gasteiger partial charge in [0.2, 0.25) is 0 Å². The minimum Gasteiger partial charge on any atom is -0.492 e. The lowest BCUT2D eigenvalue weighted by Gasteiger charge is -2.10. The SMILES string of the molecule is Cc1cc(C)n(-c2ccc(Cl)c(C(=O)NCCOc3ccc(Cl)cc3)n2)n1. The van der Waals surface area contributed by atoms with Crippen LogP contribution in [-0.4, -0.2) is 33.8 Å². The zero-order chi connectivity index (χ0) is 19.4. The van der Waals surface area contributed by atoms with Gasteiger partial charge in [-0.15, -0.1) is 0 Å². The van der Waals surface area contributed by atoms with Crippen molar-refractivity contribution in [3.8, 4) is 11.6 Å². The largest absolute Gasteiger partial charge is 0.492 e. The van der Waals surface area contributed by atoms with Gasteiger partial charge in [0.05, 0.1) is 17.3 Å². The molecule has 6 nitrogen and oxygen atoms in total. The number of hydrogen-bond donors (Lipinski definition) is 1. The number of nitrogens with zero attached hydrogens (tertiary/aromatic N) is 3. The molecule has 3 aromatic rings. The molecule has 0 bridgehead atoms. The van der Waals surface area contributed by atoms with Crippen LogP contribution in [0.25, 0.3) is 5.82 Å². The highest BCUT2D eigenvalue weighted by Crippen LogP contribution is 2.18. The van der Waals surface area contributed by atoms with E-state index in [4.69, 9.17) is 27.9 Å². The molecule has 0 spiro atoms. The molecule has 1 amide bonds. The summed E-state index contributed by atoms with van der Waals surface area (Å²) in [6, 6.07) is 12.3. The summed E-state index contributed by atoms with van der Waals surface area (Å²) < 4.78 is 7.22. The number of carbonyl (C=O) groups is 1. The smallest absolute Gasteiger partial charge is 0.271 e. The van der Waals surface area contributed by atoms with Crippen molar-refractivity contribution in [1.29, 1.82) is 0 Å². The van der Waals surface area contributed by atoms with E-state index in [1.54, 1.807) is 41.1 Å². The molecule has 27 heavy (non-hydrogen) atoms. The fourth-order valence-electron chi connectivity index (χ4n) is 2.52. The Kier molecular flexibility index (Phi) is 5.98. The van der Waals surface area contributed by atoms with Crippen LogP contribution in [0, 0.1) is 13.8 Å². The van der Waals surface area contributed by atoms with Crippen LogP contribution in [0.5, 0.6) is 5.75 Å². The number of pyridine rings is 1. The zero-order valence-corrected chi connectivity index (χ0v) is 16.4. The molecule has 0 radical (unpaired) electrons. The van der Waals surface area contributed by atoms with E-state index in [0.29, 0.717) is 29.7 Å². The van der Waals surface area contributed by atoms with Gasteiger partial charge in [0.25, 0.3) is 5.91 Å². The maximum absolute atomic E-state index is 12.4. The third-order valence-corrected chi connectivity index (χ3v) is 4.30. The van der Waals surface area contributed by atoms with E-state index in [2.05, 4.69) is 15.4 Å². The van der Waals surface area contributed by atoms with E-state index < -0.39 is 0 Å². The Hall–Kier alpha value is -2.57. The second kappa shape index (κ2) is 8.41. The minimum absolute atomic E-state index is 0.146. The summed E-state index contributed by atoms with van der Waals surface area (Å²) in [6.07, 6.45) is 0. The lowest BCUT2D eigenvalue weighted by atomic mass is 10.3. The molecule has 140 valence electrons. The van der Waals surface area contributed by atoms with E-state index in [1.165, 1.54) is 0 Å². The number of aryl methyl sites for hydroxylation is 2. The normalized spacial score (nSPS) is 10.7. The first-order valence-electron chi connectivity index (χ1n) is 8.31. The van der Waals surface area contributed by atoms with Crippen molar-refractivity contribution in [2.75, 3.05) is 13.2 Å². The molecule has 3 rings (SSSR count). The quantitative estimate of drug-likeness (QED) is 0.630. The Morgan fingerprint density at radius 3 is 2.56 bits per heavy atom. The highest BCUT2D eigenvalue weighted by Gasteiger charge is 2.15. The van der Waals surface area contributed by atoms with Crippen LogP contribution in [0.15, 0.2) is 42.5 Å². The number of carbonyl (C=O) groups excluding carboxylic acids is 1. The summed E-state index contributed by atoms with van der Waals surface area (Å²) in [7, 11) is 0. The molecule has 0 atom stereocenters. The van der Waals surface area contributed by atoms with Crippen LogP contribution in [0.1, 0.15) is 21.9 Å². The van der Waals surface area contributed by atoms with Crippen LogP contribution in [0.3, 0.4) is 0 Å². The average Bonchev–Trinajstić information content (AvgIpc) is 2.98. The number of hydrogen-bond acceptors (Lipinski definition) is 4. The number of rotatable bonds is 6. The second-order valence-electron chi connectivity index (χ2n) is 5.90. The number of nitrogens with one attached hydrogen (secondary N) is 1. The molecule has 0 aliphatic carbocycles. The summed E-state index contributed by atoms with van der Waals surface area (Å²) >= 11 is 12.0. The topological polar surface area (TPSA) is 69.0 Å². The molecule has 0 saturated heterocycles. The predicted molar refractivity (Wildman–Crippen MR) is 105 cm³/mol. The van der Waals surface area contributed by atoms with E-state index >= 15 is 0 Å². The van der Waals surface area contributed by atoms with Gasteiger partial charge in [-0.25, -0.2) is 9.67 Å². The standard InChI is InChI=1S/C19H18Cl2N4O2/c1-12-11-13(2)25(24-12)17-8-7-16(21)18(23-17)19(26)22-9-10-27-15-5-3-14(20)4-6-15/h3-8,11H,9-10H2,1-2H3,(H,22,26). The lowest BCUT2D eigenvalue weighted by Crippen LogP contribution is -2.29. The molecule has 0 unspecified atom stereocenters. The van der Waals surface area contributed by atoms with E-state index in [0.717, 1.165) is 11.4 Å². The highest BCUT2D eigenvalue weighted by atomic mass is 35.5. The Morgan fingerprint density at radius 2 is 1.89 bits per heavy atom. The van der Waals surface area contributed by atoms with Crippen molar-refractivity contribution in [3.05, 3.63) is 69.6 Å². The minimum atomic E-state index is -0.372. The summed E-state index contributed by atoms with van der Waals surface area (Å²) in [5.41, 5.74) is 1.94. The molecule has 0 fully saturated rings. The monoisotopic (exact) mass is 404 g/mol.